The highest BCUT2D eigenvalue weighted by Gasteiger charge is 2.15. The zero-order valence-electron chi connectivity index (χ0n) is 10.5. The van der Waals surface area contributed by atoms with Gasteiger partial charge in [0.15, 0.2) is 5.78 Å². The molecule has 0 aromatic heterocycles. The second-order valence-electron chi connectivity index (χ2n) is 4.92. The Hall–Kier alpha value is -1.22. The summed E-state index contributed by atoms with van der Waals surface area (Å²) in [4.78, 5) is 11.7. The van der Waals surface area contributed by atoms with Crippen molar-refractivity contribution in [3.8, 4) is 0 Å². The van der Waals surface area contributed by atoms with Gasteiger partial charge in [0.2, 0.25) is 0 Å². The molecule has 1 aliphatic rings. The lowest BCUT2D eigenvalue weighted by atomic mass is 9.90. The van der Waals surface area contributed by atoms with Gasteiger partial charge in [-0.15, -0.1) is 0 Å². The molecule has 1 saturated carbocycles. The van der Waals surface area contributed by atoms with E-state index < -0.39 is 5.82 Å². The third-order valence-corrected chi connectivity index (χ3v) is 3.49. The molecule has 2 nitrogen and oxygen atoms in total. The zero-order chi connectivity index (χ0) is 12.8. The first-order valence-corrected chi connectivity index (χ1v) is 6.63. The van der Waals surface area contributed by atoms with Crippen LogP contribution in [-0.2, 0) is 4.74 Å². The Balaban J connectivity index is 1.76. The van der Waals surface area contributed by atoms with E-state index >= 15 is 0 Å². The van der Waals surface area contributed by atoms with Gasteiger partial charge in [-0.05, 0) is 30.9 Å². The van der Waals surface area contributed by atoms with Gasteiger partial charge in [-0.3, -0.25) is 4.79 Å². The zero-order valence-corrected chi connectivity index (χ0v) is 10.5. The minimum absolute atomic E-state index is 0.0164. The van der Waals surface area contributed by atoms with E-state index in [-0.39, 0.29) is 18.0 Å². The average Bonchev–Trinajstić information content (AvgIpc) is 2.40. The van der Waals surface area contributed by atoms with E-state index in [1.165, 1.54) is 44.2 Å². The molecule has 0 spiro atoms. The Bertz CT molecular complexity index is 397. The number of hydrogen-bond acceptors (Lipinski definition) is 2. The fraction of sp³-hybridized carbons (Fsp3) is 0.533. The van der Waals surface area contributed by atoms with E-state index in [0.29, 0.717) is 12.5 Å². The van der Waals surface area contributed by atoms with Gasteiger partial charge in [-0.1, -0.05) is 31.4 Å². The molecular weight excluding hydrogens is 231 g/mol. The van der Waals surface area contributed by atoms with Crippen LogP contribution < -0.4 is 0 Å². The Kier molecular flexibility index (Phi) is 4.88. The first-order valence-electron chi connectivity index (χ1n) is 6.63. The largest absolute Gasteiger partial charge is 0.373 e. The molecule has 0 amide bonds. The van der Waals surface area contributed by atoms with Crippen LogP contribution in [0.1, 0.15) is 42.5 Å². The van der Waals surface area contributed by atoms with Crippen LogP contribution in [0.25, 0.3) is 0 Å². The summed E-state index contributed by atoms with van der Waals surface area (Å²) in [6.45, 7) is 0.609. The van der Waals surface area contributed by atoms with Crippen molar-refractivity contribution in [2.75, 3.05) is 13.2 Å². The average molecular weight is 250 g/mol. The molecule has 3 heteroatoms. The van der Waals surface area contributed by atoms with Crippen molar-refractivity contribution < 1.29 is 13.9 Å². The van der Waals surface area contributed by atoms with Gasteiger partial charge in [-0.2, -0.15) is 0 Å². The highest BCUT2D eigenvalue weighted by Crippen LogP contribution is 2.23. The maximum Gasteiger partial charge on any atom is 0.191 e. The topological polar surface area (TPSA) is 26.3 Å². The Morgan fingerprint density at radius 3 is 2.67 bits per heavy atom. The predicted octanol–water partition coefficient (Wildman–Crippen LogP) is 3.61. The van der Waals surface area contributed by atoms with E-state index in [2.05, 4.69) is 0 Å². The van der Waals surface area contributed by atoms with Crippen LogP contribution in [0.2, 0.25) is 0 Å². The highest BCUT2D eigenvalue weighted by atomic mass is 19.1. The summed E-state index contributed by atoms with van der Waals surface area (Å²) >= 11 is 0. The summed E-state index contributed by atoms with van der Waals surface area (Å²) < 4.78 is 18.8. The van der Waals surface area contributed by atoms with Gasteiger partial charge in [0.05, 0.1) is 12.2 Å². The minimum atomic E-state index is -0.469. The van der Waals surface area contributed by atoms with Crippen LogP contribution >= 0.6 is 0 Å². The van der Waals surface area contributed by atoms with Crippen LogP contribution in [0.5, 0.6) is 0 Å². The standard InChI is InChI=1S/C15H19FO2/c16-14-9-5-4-8-13(14)15(17)11-18-10-12-6-2-1-3-7-12/h4-5,8-9,12H,1-3,6-7,10-11H2. The van der Waals surface area contributed by atoms with Crippen molar-refractivity contribution in [3.05, 3.63) is 35.6 Å². The molecular formula is C15H19FO2. The molecule has 1 aliphatic carbocycles. The maximum atomic E-state index is 13.3. The van der Waals surface area contributed by atoms with Gasteiger partial charge in [0.25, 0.3) is 0 Å². The van der Waals surface area contributed by atoms with Gasteiger partial charge in [0.1, 0.15) is 12.4 Å². The predicted molar refractivity (Wildman–Crippen MR) is 68.1 cm³/mol. The second-order valence-corrected chi connectivity index (χ2v) is 4.92. The summed E-state index contributed by atoms with van der Waals surface area (Å²) in [6.07, 6.45) is 6.21. The minimum Gasteiger partial charge on any atom is -0.373 e. The number of carbonyl (C=O) groups is 1. The van der Waals surface area contributed by atoms with Crippen molar-refractivity contribution in [1.82, 2.24) is 0 Å². The van der Waals surface area contributed by atoms with E-state index in [9.17, 15) is 9.18 Å². The molecule has 0 aliphatic heterocycles. The number of benzene rings is 1. The fourth-order valence-corrected chi connectivity index (χ4v) is 2.44. The highest BCUT2D eigenvalue weighted by molar-refractivity contribution is 5.97. The first-order chi connectivity index (χ1) is 8.77. The molecule has 0 saturated heterocycles. The van der Waals surface area contributed by atoms with Gasteiger partial charge < -0.3 is 4.74 Å². The molecule has 18 heavy (non-hydrogen) atoms. The second kappa shape index (κ2) is 6.64. The van der Waals surface area contributed by atoms with Crippen LogP contribution in [0.4, 0.5) is 4.39 Å². The Morgan fingerprint density at radius 1 is 1.22 bits per heavy atom. The lowest BCUT2D eigenvalue weighted by molar-refractivity contribution is 0.0625. The Morgan fingerprint density at radius 2 is 1.94 bits per heavy atom. The number of carbonyl (C=O) groups excluding carboxylic acids is 1. The number of rotatable bonds is 5. The van der Waals surface area contributed by atoms with Crippen molar-refractivity contribution >= 4 is 5.78 Å². The van der Waals surface area contributed by atoms with Crippen LogP contribution in [-0.4, -0.2) is 19.0 Å². The van der Waals surface area contributed by atoms with E-state index in [0.717, 1.165) is 0 Å². The molecule has 98 valence electrons. The van der Waals surface area contributed by atoms with Crippen molar-refractivity contribution in [2.24, 2.45) is 5.92 Å². The van der Waals surface area contributed by atoms with Gasteiger partial charge in [0, 0.05) is 0 Å². The summed E-state index contributed by atoms with van der Waals surface area (Å²) in [5, 5.41) is 0. The van der Waals surface area contributed by atoms with Crippen LogP contribution in [0.15, 0.2) is 24.3 Å². The van der Waals surface area contributed by atoms with Crippen molar-refractivity contribution in [1.29, 1.82) is 0 Å². The normalized spacial score (nSPS) is 16.7. The number of ketones is 1. The quantitative estimate of drug-likeness (QED) is 0.746. The third-order valence-electron chi connectivity index (χ3n) is 3.49. The SMILES string of the molecule is O=C(COCC1CCCCC1)c1ccccc1F. The van der Waals surface area contributed by atoms with Crippen molar-refractivity contribution in [2.45, 2.75) is 32.1 Å². The number of Topliss-reactive ketones (excluding diaryl/α,β-unsaturated/α-hetero) is 1. The molecule has 2 rings (SSSR count). The molecule has 0 N–H and O–H groups in total. The maximum absolute atomic E-state index is 13.3. The van der Waals surface area contributed by atoms with Crippen LogP contribution in [0.3, 0.4) is 0 Å². The molecule has 1 aromatic carbocycles. The first kappa shape index (κ1) is 13.2. The van der Waals surface area contributed by atoms with Crippen LogP contribution in [0, 0.1) is 11.7 Å². The molecule has 1 fully saturated rings. The smallest absolute Gasteiger partial charge is 0.191 e. The summed E-state index contributed by atoms with van der Waals surface area (Å²) in [6, 6.07) is 6.04. The molecule has 0 heterocycles. The van der Waals surface area contributed by atoms with Gasteiger partial charge in [-0.25, -0.2) is 4.39 Å². The molecule has 0 unspecified atom stereocenters. The van der Waals surface area contributed by atoms with Gasteiger partial charge >= 0.3 is 0 Å². The van der Waals surface area contributed by atoms with Crippen molar-refractivity contribution in [3.63, 3.8) is 0 Å². The summed E-state index contributed by atoms with van der Waals surface area (Å²) in [5.74, 6) is -0.167. The number of hydrogen-bond donors (Lipinski definition) is 0. The van der Waals surface area contributed by atoms with E-state index in [4.69, 9.17) is 4.74 Å². The number of ether oxygens (including phenoxy) is 1. The monoisotopic (exact) mass is 250 g/mol. The Labute approximate surface area is 107 Å². The molecule has 0 atom stereocenters. The third kappa shape index (κ3) is 3.64. The molecule has 1 aromatic rings. The molecule has 0 radical (unpaired) electrons. The number of halogens is 1. The fourth-order valence-electron chi connectivity index (χ4n) is 2.44. The summed E-state index contributed by atoms with van der Waals surface area (Å²) in [5.41, 5.74) is 0.126. The summed E-state index contributed by atoms with van der Waals surface area (Å²) in [7, 11) is 0. The van der Waals surface area contributed by atoms with E-state index in [1.54, 1.807) is 12.1 Å². The lowest BCUT2D eigenvalue weighted by Gasteiger charge is -2.21. The molecule has 0 bridgehead atoms. The lowest BCUT2D eigenvalue weighted by Crippen LogP contribution is -2.17. The van der Waals surface area contributed by atoms with E-state index in [1.807, 2.05) is 0 Å².